The molecule has 1 amide bonds. The largest absolute Gasteiger partial charge is 0.423 e. The van der Waals surface area contributed by atoms with Crippen molar-refractivity contribution in [1.82, 2.24) is 20.3 Å². The first-order chi connectivity index (χ1) is 14.3. The van der Waals surface area contributed by atoms with Crippen LogP contribution in [0.15, 0.2) is 58.6 Å². The van der Waals surface area contributed by atoms with Gasteiger partial charge in [0.05, 0.1) is 17.1 Å². The number of amides is 1. The maximum Gasteiger partial charge on any atom is 0.299 e. The van der Waals surface area contributed by atoms with Crippen LogP contribution in [0, 0.1) is 0 Å². The summed E-state index contributed by atoms with van der Waals surface area (Å²) in [4.78, 5) is 29.4. The summed E-state index contributed by atoms with van der Waals surface area (Å²) >= 11 is 1.61. The average Bonchev–Trinajstić information content (AvgIpc) is 3.51. The summed E-state index contributed by atoms with van der Waals surface area (Å²) in [5.74, 6) is -0.0486. The molecule has 0 aliphatic carbocycles. The highest BCUT2D eigenvalue weighted by Crippen LogP contribution is 2.29. The van der Waals surface area contributed by atoms with Crippen molar-refractivity contribution < 1.29 is 9.21 Å². The zero-order chi connectivity index (χ0) is 19.6. The number of benzene rings is 1. The van der Waals surface area contributed by atoms with Crippen LogP contribution in [0.4, 0.5) is 6.01 Å². The van der Waals surface area contributed by atoms with Crippen LogP contribution in [-0.2, 0) is 11.3 Å². The molecule has 4 heterocycles. The first kappa shape index (κ1) is 17.8. The van der Waals surface area contributed by atoms with Gasteiger partial charge in [-0.1, -0.05) is 18.2 Å². The Morgan fingerprint density at radius 2 is 2.10 bits per heavy atom. The summed E-state index contributed by atoms with van der Waals surface area (Å²) < 4.78 is 5.88. The van der Waals surface area contributed by atoms with Gasteiger partial charge in [0.15, 0.2) is 5.58 Å². The maximum absolute atomic E-state index is 12.9. The predicted octanol–water partition coefficient (Wildman–Crippen LogP) is 3.63. The monoisotopic (exact) mass is 405 g/mol. The number of fused-ring (bicyclic) bond motifs is 1. The quantitative estimate of drug-likeness (QED) is 0.546. The Morgan fingerprint density at radius 1 is 1.21 bits per heavy atom. The molecule has 0 spiro atoms. The highest BCUT2D eigenvalue weighted by atomic mass is 32.1. The molecule has 1 atom stereocenters. The second kappa shape index (κ2) is 7.63. The molecular weight excluding hydrogens is 386 g/mol. The van der Waals surface area contributed by atoms with E-state index in [1.807, 2.05) is 46.7 Å². The molecule has 1 saturated heterocycles. The Labute approximate surface area is 171 Å². The number of aromatic nitrogens is 3. The molecule has 7 nitrogen and oxygen atoms in total. The van der Waals surface area contributed by atoms with Crippen LogP contribution in [0.3, 0.4) is 0 Å². The zero-order valence-corrected chi connectivity index (χ0v) is 16.4. The SMILES string of the molecule is O=C(NCc1nccnc1-c1cccs1)C1CCCN1c1nc2ccccc2o1. The second-order valence-corrected chi connectivity index (χ2v) is 7.81. The average molecular weight is 405 g/mol. The van der Waals surface area contributed by atoms with E-state index in [0.29, 0.717) is 12.6 Å². The Kier molecular flexibility index (Phi) is 4.69. The number of hydrogen-bond acceptors (Lipinski definition) is 7. The van der Waals surface area contributed by atoms with Crippen LogP contribution in [-0.4, -0.2) is 33.4 Å². The summed E-state index contributed by atoms with van der Waals surface area (Å²) in [6.45, 7) is 1.08. The molecule has 4 aromatic rings. The van der Waals surface area contributed by atoms with Gasteiger partial charge >= 0.3 is 0 Å². The summed E-state index contributed by atoms with van der Waals surface area (Å²) in [5.41, 5.74) is 3.10. The van der Waals surface area contributed by atoms with Crippen LogP contribution in [0.5, 0.6) is 0 Å². The lowest BCUT2D eigenvalue weighted by Gasteiger charge is -2.22. The number of carbonyl (C=O) groups excluding carboxylic acids is 1. The molecule has 8 heteroatoms. The second-order valence-electron chi connectivity index (χ2n) is 6.86. The third kappa shape index (κ3) is 3.47. The minimum Gasteiger partial charge on any atom is -0.423 e. The highest BCUT2D eigenvalue weighted by Gasteiger charge is 2.33. The van der Waals surface area contributed by atoms with Gasteiger partial charge in [-0.3, -0.25) is 14.8 Å². The topological polar surface area (TPSA) is 84.2 Å². The molecule has 1 aliphatic rings. The van der Waals surface area contributed by atoms with Crippen molar-refractivity contribution >= 4 is 34.4 Å². The molecule has 0 bridgehead atoms. The molecule has 0 radical (unpaired) electrons. The van der Waals surface area contributed by atoms with E-state index in [4.69, 9.17) is 4.42 Å². The smallest absolute Gasteiger partial charge is 0.299 e. The van der Waals surface area contributed by atoms with E-state index >= 15 is 0 Å². The first-order valence-corrected chi connectivity index (χ1v) is 10.4. The molecule has 1 aliphatic heterocycles. The maximum atomic E-state index is 12.9. The molecule has 5 rings (SSSR count). The standard InChI is InChI=1S/C21H19N5O2S/c27-20(24-13-15-19(23-10-9-22-15)18-8-4-12-29-18)16-6-3-11-26(16)21-25-14-5-1-2-7-17(14)28-21/h1-2,4-5,7-10,12,16H,3,6,11,13H2,(H,24,27). The van der Waals surface area contributed by atoms with Crippen LogP contribution in [0.25, 0.3) is 21.7 Å². The van der Waals surface area contributed by atoms with E-state index in [-0.39, 0.29) is 11.9 Å². The lowest BCUT2D eigenvalue weighted by Crippen LogP contribution is -2.43. The Morgan fingerprint density at radius 3 is 2.97 bits per heavy atom. The first-order valence-electron chi connectivity index (χ1n) is 9.53. The summed E-state index contributed by atoms with van der Waals surface area (Å²) in [7, 11) is 0. The number of hydrogen-bond donors (Lipinski definition) is 1. The van der Waals surface area contributed by atoms with Gasteiger partial charge in [0.1, 0.15) is 17.3 Å². The molecule has 1 unspecified atom stereocenters. The molecule has 1 N–H and O–H groups in total. The molecule has 1 aromatic carbocycles. The van der Waals surface area contributed by atoms with Crippen molar-refractivity contribution in [3.05, 3.63) is 59.9 Å². The fourth-order valence-electron chi connectivity index (χ4n) is 3.66. The van der Waals surface area contributed by atoms with E-state index in [9.17, 15) is 4.79 Å². The highest BCUT2D eigenvalue weighted by molar-refractivity contribution is 7.13. The molecule has 0 saturated carbocycles. The number of thiophene rings is 1. The number of nitrogens with zero attached hydrogens (tertiary/aromatic N) is 4. The molecule has 146 valence electrons. The number of oxazole rings is 1. The van der Waals surface area contributed by atoms with Gasteiger partial charge in [-0.05, 0) is 36.4 Å². The minimum absolute atomic E-state index is 0.0486. The molecule has 29 heavy (non-hydrogen) atoms. The zero-order valence-electron chi connectivity index (χ0n) is 15.6. The number of carbonyl (C=O) groups is 1. The van der Waals surface area contributed by atoms with Crippen LogP contribution in [0.2, 0.25) is 0 Å². The van der Waals surface area contributed by atoms with Crippen LogP contribution < -0.4 is 10.2 Å². The van der Waals surface area contributed by atoms with Crippen molar-refractivity contribution in [1.29, 1.82) is 0 Å². The lowest BCUT2D eigenvalue weighted by atomic mass is 10.2. The fraction of sp³-hybridized carbons (Fsp3) is 0.238. The van der Waals surface area contributed by atoms with E-state index < -0.39 is 0 Å². The Bertz CT molecular complexity index is 1110. The molecule has 3 aromatic heterocycles. The van der Waals surface area contributed by atoms with Gasteiger partial charge in [-0.25, -0.2) is 0 Å². The van der Waals surface area contributed by atoms with Crippen molar-refractivity contribution in [2.45, 2.75) is 25.4 Å². The fourth-order valence-corrected chi connectivity index (χ4v) is 4.40. The van der Waals surface area contributed by atoms with E-state index in [1.54, 1.807) is 23.7 Å². The minimum atomic E-state index is -0.301. The van der Waals surface area contributed by atoms with Gasteiger partial charge in [-0.15, -0.1) is 11.3 Å². The van der Waals surface area contributed by atoms with Crippen molar-refractivity contribution in [3.63, 3.8) is 0 Å². The van der Waals surface area contributed by atoms with Crippen molar-refractivity contribution in [3.8, 4) is 10.6 Å². The Balaban J connectivity index is 1.32. The van der Waals surface area contributed by atoms with Gasteiger partial charge in [0.2, 0.25) is 5.91 Å². The van der Waals surface area contributed by atoms with Gasteiger partial charge in [-0.2, -0.15) is 4.98 Å². The van der Waals surface area contributed by atoms with Gasteiger partial charge in [0, 0.05) is 18.9 Å². The normalized spacial score (nSPS) is 16.4. The van der Waals surface area contributed by atoms with E-state index in [0.717, 1.165) is 46.8 Å². The third-order valence-corrected chi connectivity index (χ3v) is 5.92. The third-order valence-electron chi connectivity index (χ3n) is 5.04. The van der Waals surface area contributed by atoms with E-state index in [1.165, 1.54) is 0 Å². The summed E-state index contributed by atoms with van der Waals surface area (Å²) in [5, 5.41) is 5.03. The van der Waals surface area contributed by atoms with E-state index in [2.05, 4.69) is 20.3 Å². The summed E-state index contributed by atoms with van der Waals surface area (Å²) in [6.07, 6.45) is 5.01. The molecule has 1 fully saturated rings. The predicted molar refractivity (Wildman–Crippen MR) is 112 cm³/mol. The van der Waals surface area contributed by atoms with Gasteiger partial charge < -0.3 is 14.6 Å². The number of nitrogens with one attached hydrogen (secondary N) is 1. The van der Waals surface area contributed by atoms with Crippen molar-refractivity contribution in [2.24, 2.45) is 0 Å². The Hall–Kier alpha value is -3.26. The van der Waals surface area contributed by atoms with Gasteiger partial charge in [0.25, 0.3) is 6.01 Å². The summed E-state index contributed by atoms with van der Waals surface area (Å²) in [6, 6.07) is 11.8. The number of para-hydroxylation sites is 2. The number of anilines is 1. The van der Waals surface area contributed by atoms with Crippen LogP contribution >= 0.6 is 11.3 Å². The lowest BCUT2D eigenvalue weighted by molar-refractivity contribution is -0.122. The number of rotatable bonds is 5. The van der Waals surface area contributed by atoms with Crippen LogP contribution in [0.1, 0.15) is 18.5 Å². The molecular formula is C21H19N5O2S. The van der Waals surface area contributed by atoms with Crippen molar-refractivity contribution in [2.75, 3.05) is 11.4 Å².